The van der Waals surface area contributed by atoms with E-state index in [9.17, 15) is 0 Å². The van der Waals surface area contributed by atoms with Gasteiger partial charge in [-0.1, -0.05) is 72.1 Å². The van der Waals surface area contributed by atoms with Crippen LogP contribution in [0.1, 0.15) is 91.9 Å². The van der Waals surface area contributed by atoms with Gasteiger partial charge >= 0.3 is 0 Å². The van der Waals surface area contributed by atoms with Gasteiger partial charge in [-0.05, 0) is 26.3 Å². The zero-order valence-corrected chi connectivity index (χ0v) is 14.5. The summed E-state index contributed by atoms with van der Waals surface area (Å²) < 4.78 is 5.94. The van der Waals surface area contributed by atoms with Gasteiger partial charge in [0.2, 0.25) is 0 Å². The monoisotopic (exact) mass is 285 g/mol. The molecule has 2 heteroatoms. The van der Waals surface area contributed by atoms with Crippen molar-refractivity contribution < 1.29 is 4.74 Å². The van der Waals surface area contributed by atoms with Crippen LogP contribution in [0.2, 0.25) is 0 Å². The smallest absolute Gasteiger partial charge is 0.0727 e. The van der Waals surface area contributed by atoms with E-state index in [2.05, 4.69) is 33.0 Å². The lowest BCUT2D eigenvalue weighted by Crippen LogP contribution is -2.41. The van der Waals surface area contributed by atoms with Gasteiger partial charge < -0.3 is 10.1 Å². The highest BCUT2D eigenvalue weighted by atomic mass is 16.5. The number of nitrogens with one attached hydrogen (secondary N) is 1. The Morgan fingerprint density at radius 2 is 1.40 bits per heavy atom. The maximum atomic E-state index is 5.94. The lowest BCUT2D eigenvalue weighted by molar-refractivity contribution is 0.0256. The lowest BCUT2D eigenvalue weighted by atomic mass is 9.98. The minimum absolute atomic E-state index is 0.407. The van der Waals surface area contributed by atoms with E-state index in [1.807, 2.05) is 0 Å². The Morgan fingerprint density at radius 1 is 0.750 bits per heavy atom. The van der Waals surface area contributed by atoms with Gasteiger partial charge in [-0.2, -0.15) is 0 Å². The van der Waals surface area contributed by atoms with Gasteiger partial charge in [0, 0.05) is 12.6 Å². The van der Waals surface area contributed by atoms with E-state index in [4.69, 9.17) is 4.74 Å². The van der Waals surface area contributed by atoms with E-state index in [1.54, 1.807) is 0 Å². The number of hydrogen-bond donors (Lipinski definition) is 1. The molecule has 2 atom stereocenters. The Hall–Kier alpha value is -0.0800. The Balaban J connectivity index is 3.86. The zero-order valence-electron chi connectivity index (χ0n) is 14.5. The third kappa shape index (κ3) is 10.7. The molecule has 122 valence electrons. The third-order valence-electron chi connectivity index (χ3n) is 3.99. The SMILES string of the molecule is CCCCCCCCCC(NCC)C(CCC)OCC. The third-order valence-corrected chi connectivity index (χ3v) is 3.99. The summed E-state index contributed by atoms with van der Waals surface area (Å²) in [5.41, 5.74) is 0. The topological polar surface area (TPSA) is 21.3 Å². The van der Waals surface area contributed by atoms with E-state index in [0.717, 1.165) is 13.2 Å². The van der Waals surface area contributed by atoms with Crippen molar-refractivity contribution in [1.29, 1.82) is 0 Å². The normalized spacial score (nSPS) is 14.4. The van der Waals surface area contributed by atoms with Crippen molar-refractivity contribution in [2.45, 2.75) is 104 Å². The average molecular weight is 286 g/mol. The maximum Gasteiger partial charge on any atom is 0.0727 e. The fourth-order valence-corrected chi connectivity index (χ4v) is 2.90. The highest BCUT2D eigenvalue weighted by Crippen LogP contribution is 2.15. The molecule has 0 aliphatic carbocycles. The van der Waals surface area contributed by atoms with Crippen molar-refractivity contribution in [3.05, 3.63) is 0 Å². The van der Waals surface area contributed by atoms with E-state index in [-0.39, 0.29) is 0 Å². The molecule has 0 aromatic rings. The Morgan fingerprint density at radius 3 is 1.95 bits per heavy atom. The van der Waals surface area contributed by atoms with Gasteiger partial charge in [0.15, 0.2) is 0 Å². The quantitative estimate of drug-likeness (QED) is 0.412. The van der Waals surface area contributed by atoms with Crippen molar-refractivity contribution >= 4 is 0 Å². The molecule has 1 N–H and O–H groups in total. The maximum absolute atomic E-state index is 5.94. The van der Waals surface area contributed by atoms with Crippen LogP contribution >= 0.6 is 0 Å². The summed E-state index contributed by atoms with van der Waals surface area (Å²) in [5, 5.41) is 3.64. The van der Waals surface area contributed by atoms with Crippen LogP contribution in [0.5, 0.6) is 0 Å². The molecule has 0 aromatic heterocycles. The highest BCUT2D eigenvalue weighted by molar-refractivity contribution is 4.76. The predicted molar refractivity (Wildman–Crippen MR) is 90.4 cm³/mol. The number of rotatable bonds is 15. The van der Waals surface area contributed by atoms with Gasteiger partial charge in [0.25, 0.3) is 0 Å². The van der Waals surface area contributed by atoms with E-state index < -0.39 is 0 Å². The molecule has 20 heavy (non-hydrogen) atoms. The van der Waals surface area contributed by atoms with Crippen LogP contribution in [0.25, 0.3) is 0 Å². The molecule has 0 saturated heterocycles. The van der Waals surface area contributed by atoms with Crippen LogP contribution < -0.4 is 5.32 Å². The lowest BCUT2D eigenvalue weighted by Gasteiger charge is -2.27. The van der Waals surface area contributed by atoms with Crippen molar-refractivity contribution in [2.75, 3.05) is 13.2 Å². The van der Waals surface area contributed by atoms with Crippen molar-refractivity contribution in [3.8, 4) is 0 Å². The first-order chi connectivity index (χ1) is 9.79. The fraction of sp³-hybridized carbons (Fsp3) is 1.00. The second kappa shape index (κ2) is 15.3. The first-order valence-electron chi connectivity index (χ1n) is 9.14. The highest BCUT2D eigenvalue weighted by Gasteiger charge is 2.19. The second-order valence-electron chi connectivity index (χ2n) is 5.86. The molecule has 0 radical (unpaired) electrons. The molecule has 2 unspecified atom stereocenters. The molecule has 0 saturated carbocycles. The van der Waals surface area contributed by atoms with Crippen LogP contribution in [0.4, 0.5) is 0 Å². The van der Waals surface area contributed by atoms with E-state index >= 15 is 0 Å². The molecule has 0 bridgehead atoms. The molecule has 0 heterocycles. The van der Waals surface area contributed by atoms with Gasteiger partial charge in [-0.15, -0.1) is 0 Å². The Bertz CT molecular complexity index is 178. The minimum Gasteiger partial charge on any atom is -0.377 e. The summed E-state index contributed by atoms with van der Waals surface area (Å²) in [6.45, 7) is 10.7. The van der Waals surface area contributed by atoms with Crippen LogP contribution in [0.15, 0.2) is 0 Å². The number of ether oxygens (including phenoxy) is 1. The predicted octanol–water partition coefficient (Wildman–Crippen LogP) is 5.31. The summed E-state index contributed by atoms with van der Waals surface area (Å²) in [6, 6.07) is 0.551. The molecule has 0 rings (SSSR count). The van der Waals surface area contributed by atoms with Crippen LogP contribution in [0.3, 0.4) is 0 Å². The number of likely N-dealkylation sites (N-methyl/N-ethyl adjacent to an activating group) is 1. The molecule has 0 aliphatic rings. The van der Waals surface area contributed by atoms with Crippen molar-refractivity contribution in [2.24, 2.45) is 0 Å². The van der Waals surface area contributed by atoms with Crippen LogP contribution in [0, 0.1) is 0 Å². The molecule has 0 aliphatic heterocycles. The first-order valence-corrected chi connectivity index (χ1v) is 9.14. The van der Waals surface area contributed by atoms with Gasteiger partial charge in [0.1, 0.15) is 0 Å². The molecule has 0 aromatic carbocycles. The molecule has 0 amide bonds. The average Bonchev–Trinajstić information content (AvgIpc) is 2.45. The summed E-state index contributed by atoms with van der Waals surface area (Å²) in [4.78, 5) is 0. The first kappa shape index (κ1) is 19.9. The summed E-state index contributed by atoms with van der Waals surface area (Å²) in [7, 11) is 0. The number of unbranched alkanes of at least 4 members (excludes halogenated alkanes) is 6. The van der Waals surface area contributed by atoms with E-state index in [1.165, 1.54) is 64.2 Å². The summed E-state index contributed by atoms with van der Waals surface area (Å²) >= 11 is 0. The molecule has 2 nitrogen and oxygen atoms in total. The Kier molecular flexibility index (Phi) is 15.3. The summed E-state index contributed by atoms with van der Waals surface area (Å²) in [5.74, 6) is 0. The van der Waals surface area contributed by atoms with E-state index in [0.29, 0.717) is 12.1 Å². The van der Waals surface area contributed by atoms with Gasteiger partial charge in [-0.25, -0.2) is 0 Å². The van der Waals surface area contributed by atoms with Gasteiger partial charge in [-0.3, -0.25) is 0 Å². The summed E-state index contributed by atoms with van der Waals surface area (Å²) in [6.07, 6.45) is 13.8. The standard InChI is InChI=1S/C18H39NO/c1-5-9-10-11-12-13-14-16-17(19-7-3)18(15-6-2)20-8-4/h17-19H,5-16H2,1-4H3. The molecule has 0 spiro atoms. The minimum atomic E-state index is 0.407. The molecular weight excluding hydrogens is 246 g/mol. The Labute approximate surface area is 128 Å². The largest absolute Gasteiger partial charge is 0.377 e. The van der Waals surface area contributed by atoms with Crippen LogP contribution in [-0.4, -0.2) is 25.3 Å². The van der Waals surface area contributed by atoms with Crippen molar-refractivity contribution in [3.63, 3.8) is 0 Å². The van der Waals surface area contributed by atoms with Crippen molar-refractivity contribution in [1.82, 2.24) is 5.32 Å². The second-order valence-corrected chi connectivity index (χ2v) is 5.86. The zero-order chi connectivity index (χ0) is 15.1. The van der Waals surface area contributed by atoms with Gasteiger partial charge in [0.05, 0.1) is 6.10 Å². The molecular formula is C18H39NO. The number of hydrogen-bond acceptors (Lipinski definition) is 2. The van der Waals surface area contributed by atoms with Crippen LogP contribution in [-0.2, 0) is 4.74 Å². The molecule has 0 fully saturated rings. The fourth-order valence-electron chi connectivity index (χ4n) is 2.90.